The Labute approximate surface area is 129 Å². The molecule has 1 aromatic heterocycles. The van der Waals surface area contributed by atoms with E-state index in [0.29, 0.717) is 13.1 Å². The topological polar surface area (TPSA) is 60.9 Å². The predicted octanol–water partition coefficient (Wildman–Crippen LogP) is 2.34. The van der Waals surface area contributed by atoms with Crippen molar-refractivity contribution in [2.75, 3.05) is 18.1 Å². The van der Waals surface area contributed by atoms with Crippen LogP contribution in [-0.4, -0.2) is 39.0 Å². The first-order chi connectivity index (χ1) is 10.2. The van der Waals surface area contributed by atoms with E-state index in [-0.39, 0.29) is 0 Å². The largest absolute Gasteiger partial charge is 0.388 e. The lowest BCUT2D eigenvalue weighted by atomic mass is 10.0. The summed E-state index contributed by atoms with van der Waals surface area (Å²) in [7, 11) is 0. The number of nitrogens with zero attached hydrogens (tertiary/aromatic N) is 1. The zero-order valence-electron chi connectivity index (χ0n) is 12.2. The van der Waals surface area contributed by atoms with Crippen LogP contribution in [0.15, 0.2) is 30.5 Å². The minimum absolute atomic E-state index is 0.543. The Morgan fingerprint density at radius 2 is 2.19 bits per heavy atom. The second kappa shape index (κ2) is 6.22. The number of benzene rings is 1. The predicted molar refractivity (Wildman–Crippen MR) is 87.4 cm³/mol. The van der Waals surface area contributed by atoms with Crippen LogP contribution in [0.1, 0.15) is 17.5 Å². The van der Waals surface area contributed by atoms with Crippen molar-refractivity contribution in [1.29, 1.82) is 0 Å². The fourth-order valence-electron chi connectivity index (χ4n) is 2.58. The van der Waals surface area contributed by atoms with Gasteiger partial charge < -0.3 is 10.4 Å². The van der Waals surface area contributed by atoms with Gasteiger partial charge in [-0.15, -0.1) is 0 Å². The number of aromatic amines is 1. The molecule has 1 aliphatic heterocycles. The molecule has 2 heterocycles. The van der Waals surface area contributed by atoms with Crippen LogP contribution in [-0.2, 0) is 6.54 Å². The number of nitrogens with one attached hydrogen (secondary N) is 2. The number of thioether (sulfide) groups is 1. The number of hydrogen-bond donors (Lipinski definition) is 3. The maximum absolute atomic E-state index is 10.3. The normalized spacial score (nSPS) is 21.8. The molecule has 1 saturated heterocycles. The summed E-state index contributed by atoms with van der Waals surface area (Å²) in [6.07, 6.45) is 2.73. The Morgan fingerprint density at radius 1 is 1.38 bits per heavy atom. The van der Waals surface area contributed by atoms with E-state index in [9.17, 15) is 5.11 Å². The summed E-state index contributed by atoms with van der Waals surface area (Å²) in [6.45, 7) is 3.44. The lowest BCUT2D eigenvalue weighted by Gasteiger charge is -2.21. The van der Waals surface area contributed by atoms with E-state index < -0.39 is 5.60 Å². The number of aliphatic hydroxyl groups is 1. The average Bonchev–Trinajstić information content (AvgIpc) is 3.10. The van der Waals surface area contributed by atoms with Crippen molar-refractivity contribution in [1.82, 2.24) is 15.5 Å². The number of rotatable bonds is 5. The summed E-state index contributed by atoms with van der Waals surface area (Å²) in [5.74, 6) is 1.88. The summed E-state index contributed by atoms with van der Waals surface area (Å²) in [4.78, 5) is 0. The van der Waals surface area contributed by atoms with E-state index in [4.69, 9.17) is 0 Å². The second-order valence-corrected chi connectivity index (χ2v) is 6.87. The summed E-state index contributed by atoms with van der Waals surface area (Å²) in [5, 5.41) is 20.9. The molecule has 0 saturated carbocycles. The molecule has 3 rings (SSSR count). The number of aromatic nitrogens is 2. The van der Waals surface area contributed by atoms with Gasteiger partial charge in [-0.05, 0) is 24.7 Å². The maximum Gasteiger partial charge on any atom is 0.0869 e. The van der Waals surface area contributed by atoms with E-state index in [1.165, 1.54) is 5.56 Å². The summed E-state index contributed by atoms with van der Waals surface area (Å²) < 4.78 is 0. The van der Waals surface area contributed by atoms with Crippen LogP contribution in [0.25, 0.3) is 11.3 Å². The molecule has 1 aromatic carbocycles. The molecule has 0 aliphatic carbocycles. The van der Waals surface area contributed by atoms with E-state index in [1.807, 2.05) is 18.0 Å². The average molecular weight is 303 g/mol. The first-order valence-corrected chi connectivity index (χ1v) is 8.42. The van der Waals surface area contributed by atoms with Crippen molar-refractivity contribution in [2.45, 2.75) is 25.5 Å². The monoisotopic (exact) mass is 303 g/mol. The van der Waals surface area contributed by atoms with Gasteiger partial charge in [-0.25, -0.2) is 0 Å². The number of hydrogen-bond acceptors (Lipinski definition) is 4. The highest BCUT2D eigenvalue weighted by molar-refractivity contribution is 7.99. The highest BCUT2D eigenvalue weighted by Gasteiger charge is 2.31. The highest BCUT2D eigenvalue weighted by atomic mass is 32.2. The zero-order chi connectivity index (χ0) is 14.7. The van der Waals surface area contributed by atoms with E-state index in [1.54, 1.807) is 0 Å². The third-order valence-corrected chi connectivity index (χ3v) is 5.14. The van der Waals surface area contributed by atoms with Gasteiger partial charge in [-0.3, -0.25) is 5.10 Å². The molecule has 0 bridgehead atoms. The minimum Gasteiger partial charge on any atom is -0.388 e. The SMILES string of the molecule is Cc1ccc(-c2[nH]ncc2CNCC2(O)CCSC2)cc1. The van der Waals surface area contributed by atoms with Crippen molar-refractivity contribution >= 4 is 11.8 Å². The Kier molecular flexibility index (Phi) is 4.33. The molecular weight excluding hydrogens is 282 g/mol. The summed E-state index contributed by atoms with van der Waals surface area (Å²) in [6, 6.07) is 8.42. The van der Waals surface area contributed by atoms with Crippen LogP contribution in [0.2, 0.25) is 0 Å². The van der Waals surface area contributed by atoms with Crippen LogP contribution in [0.5, 0.6) is 0 Å². The van der Waals surface area contributed by atoms with E-state index in [2.05, 4.69) is 46.7 Å². The second-order valence-electron chi connectivity index (χ2n) is 5.77. The third-order valence-electron chi connectivity index (χ3n) is 3.91. The highest BCUT2D eigenvalue weighted by Crippen LogP contribution is 2.27. The van der Waals surface area contributed by atoms with Crippen LogP contribution in [0.4, 0.5) is 0 Å². The molecular formula is C16H21N3OS. The van der Waals surface area contributed by atoms with Crippen molar-refractivity contribution in [3.8, 4) is 11.3 Å². The lowest BCUT2D eigenvalue weighted by molar-refractivity contribution is 0.0675. The Morgan fingerprint density at radius 3 is 2.90 bits per heavy atom. The van der Waals surface area contributed by atoms with Gasteiger partial charge in [0, 0.05) is 24.4 Å². The smallest absolute Gasteiger partial charge is 0.0869 e. The molecule has 0 amide bonds. The van der Waals surface area contributed by atoms with Crippen molar-refractivity contribution in [3.05, 3.63) is 41.6 Å². The Balaban J connectivity index is 1.64. The van der Waals surface area contributed by atoms with Crippen molar-refractivity contribution in [3.63, 3.8) is 0 Å². The molecule has 112 valence electrons. The van der Waals surface area contributed by atoms with Gasteiger partial charge >= 0.3 is 0 Å². The summed E-state index contributed by atoms with van der Waals surface area (Å²) >= 11 is 1.82. The Bertz CT molecular complexity index is 588. The quantitative estimate of drug-likeness (QED) is 0.793. The first kappa shape index (κ1) is 14.6. The van der Waals surface area contributed by atoms with Crippen LogP contribution in [0, 0.1) is 6.92 Å². The van der Waals surface area contributed by atoms with Gasteiger partial charge in [0.2, 0.25) is 0 Å². The fourth-order valence-corrected chi connectivity index (χ4v) is 3.88. The van der Waals surface area contributed by atoms with Gasteiger partial charge in [0.15, 0.2) is 0 Å². The van der Waals surface area contributed by atoms with Gasteiger partial charge in [-0.2, -0.15) is 16.9 Å². The molecule has 1 unspecified atom stereocenters. The molecule has 21 heavy (non-hydrogen) atoms. The standard InChI is InChI=1S/C16H21N3OS/c1-12-2-4-13(5-3-12)15-14(9-18-19-15)8-17-10-16(20)6-7-21-11-16/h2-5,9,17,20H,6-8,10-11H2,1H3,(H,18,19). The van der Waals surface area contributed by atoms with Crippen LogP contribution < -0.4 is 5.32 Å². The molecule has 1 fully saturated rings. The molecule has 1 aliphatic rings. The Hall–Kier alpha value is -1.30. The van der Waals surface area contributed by atoms with Crippen LogP contribution in [0.3, 0.4) is 0 Å². The molecule has 4 nitrogen and oxygen atoms in total. The molecule has 3 N–H and O–H groups in total. The van der Waals surface area contributed by atoms with E-state index in [0.717, 1.165) is 34.7 Å². The van der Waals surface area contributed by atoms with Gasteiger partial charge in [0.1, 0.15) is 0 Å². The third kappa shape index (κ3) is 3.48. The van der Waals surface area contributed by atoms with Gasteiger partial charge in [0.25, 0.3) is 0 Å². The van der Waals surface area contributed by atoms with Crippen LogP contribution >= 0.6 is 11.8 Å². The molecule has 5 heteroatoms. The summed E-state index contributed by atoms with van der Waals surface area (Å²) in [5.41, 5.74) is 4.03. The molecule has 0 spiro atoms. The number of aryl methyl sites for hydroxylation is 1. The van der Waals surface area contributed by atoms with Crippen molar-refractivity contribution < 1.29 is 5.11 Å². The molecule has 1 atom stereocenters. The molecule has 2 aromatic rings. The number of H-pyrrole nitrogens is 1. The maximum atomic E-state index is 10.3. The minimum atomic E-state index is -0.543. The van der Waals surface area contributed by atoms with Gasteiger partial charge in [0.05, 0.1) is 17.5 Å². The molecule has 0 radical (unpaired) electrons. The van der Waals surface area contributed by atoms with Gasteiger partial charge in [-0.1, -0.05) is 29.8 Å². The lowest BCUT2D eigenvalue weighted by Crippen LogP contribution is -2.40. The fraction of sp³-hybridized carbons (Fsp3) is 0.438. The first-order valence-electron chi connectivity index (χ1n) is 7.26. The zero-order valence-corrected chi connectivity index (χ0v) is 13.0. The van der Waals surface area contributed by atoms with Crippen molar-refractivity contribution in [2.24, 2.45) is 0 Å². The van der Waals surface area contributed by atoms with E-state index >= 15 is 0 Å².